The van der Waals surface area contributed by atoms with Crippen molar-refractivity contribution in [2.45, 2.75) is 3.23 Å². The number of carbonyl (C=O) groups excluding carboxylic acids is 2. The van der Waals surface area contributed by atoms with Crippen LogP contribution in [-0.2, 0) is 9.59 Å². The van der Waals surface area contributed by atoms with Gasteiger partial charge in [0.05, 0.1) is 0 Å². The van der Waals surface area contributed by atoms with Crippen molar-refractivity contribution >= 4 is 43.7 Å². The first kappa shape index (κ1) is 10.9. The summed E-state index contributed by atoms with van der Waals surface area (Å²) in [6.07, 6.45) is 0. The highest BCUT2D eigenvalue weighted by Gasteiger charge is 2.39. The zero-order chi connectivity index (χ0) is 9.07. The molecule has 0 radical (unpaired) electrons. The van der Waals surface area contributed by atoms with Gasteiger partial charge in [0.2, 0.25) is 3.23 Å². The molecule has 0 rings (SSSR count). The molecule has 0 spiro atoms. The normalized spacial score (nSPS) is 10.5. The van der Waals surface area contributed by atoms with Crippen LogP contribution in [0.3, 0.4) is 0 Å². The number of rotatable bonds is 2. The van der Waals surface area contributed by atoms with Crippen LogP contribution in [0, 0.1) is 0 Å². The van der Waals surface area contributed by atoms with Crippen LogP contribution in [0.25, 0.3) is 0 Å². The number of halogens is 2. The summed E-state index contributed by atoms with van der Waals surface area (Å²) in [5.41, 5.74) is 0. The molecule has 0 aromatic carbocycles. The van der Waals surface area contributed by atoms with Crippen LogP contribution in [0.2, 0.25) is 0 Å². The second kappa shape index (κ2) is 4.06. The van der Waals surface area contributed by atoms with Crippen molar-refractivity contribution in [3.8, 4) is 0 Å². The molecule has 0 bridgehead atoms. The van der Waals surface area contributed by atoms with Gasteiger partial charge in [-0.05, 0) is 0 Å². The highest BCUT2D eigenvalue weighted by atomic mass is 79.9. The summed E-state index contributed by atoms with van der Waals surface area (Å²) < 4.78 is -1.36. The third-order valence-electron chi connectivity index (χ3n) is 1.02. The van der Waals surface area contributed by atoms with Crippen LogP contribution in [0.15, 0.2) is 0 Å². The second-order valence-electron chi connectivity index (χ2n) is 1.73. The standard InChI is InChI=1S/C5H8Br2N2O2/c1-8-3(10)5(6,7)4(11)9-2/h1-2H3,(H,8,10)(H,9,11). The van der Waals surface area contributed by atoms with Crippen LogP contribution in [-0.4, -0.2) is 29.1 Å². The van der Waals surface area contributed by atoms with Gasteiger partial charge in [-0.25, -0.2) is 0 Å². The zero-order valence-corrected chi connectivity index (χ0v) is 9.24. The van der Waals surface area contributed by atoms with E-state index in [1.807, 2.05) is 0 Å². The Bertz CT molecular complexity index is 163. The predicted octanol–water partition coefficient (Wildman–Crippen LogP) is -0.0355. The van der Waals surface area contributed by atoms with Gasteiger partial charge in [-0.1, -0.05) is 31.9 Å². The van der Waals surface area contributed by atoms with Crippen LogP contribution in [0.5, 0.6) is 0 Å². The van der Waals surface area contributed by atoms with E-state index < -0.39 is 15.0 Å². The van der Waals surface area contributed by atoms with E-state index in [0.29, 0.717) is 0 Å². The Morgan fingerprint density at radius 2 is 1.36 bits per heavy atom. The Kier molecular flexibility index (Phi) is 4.02. The summed E-state index contributed by atoms with van der Waals surface area (Å²) in [6.45, 7) is 0. The molecule has 0 saturated heterocycles. The third kappa shape index (κ3) is 2.44. The van der Waals surface area contributed by atoms with Gasteiger partial charge in [0.1, 0.15) is 0 Å². The molecular weight excluding hydrogens is 280 g/mol. The van der Waals surface area contributed by atoms with Crippen molar-refractivity contribution in [3.63, 3.8) is 0 Å². The fraction of sp³-hybridized carbons (Fsp3) is 0.600. The first-order valence-corrected chi connectivity index (χ1v) is 4.37. The molecule has 0 heterocycles. The van der Waals surface area contributed by atoms with Gasteiger partial charge in [-0.3, -0.25) is 9.59 Å². The SMILES string of the molecule is CNC(=O)C(Br)(Br)C(=O)NC. The Hall–Kier alpha value is -0.100. The first-order chi connectivity index (χ1) is 4.96. The quantitative estimate of drug-likeness (QED) is 0.553. The topological polar surface area (TPSA) is 58.2 Å². The molecule has 2 amide bonds. The van der Waals surface area contributed by atoms with E-state index in [1.54, 1.807) is 0 Å². The molecule has 6 heteroatoms. The van der Waals surface area contributed by atoms with Gasteiger partial charge in [0.15, 0.2) is 0 Å². The Balaban J connectivity index is 4.44. The maximum absolute atomic E-state index is 11.0. The molecule has 0 aliphatic carbocycles. The van der Waals surface area contributed by atoms with Gasteiger partial charge >= 0.3 is 0 Å². The molecule has 0 unspecified atom stereocenters. The minimum absolute atomic E-state index is 0.447. The van der Waals surface area contributed by atoms with E-state index in [-0.39, 0.29) is 0 Å². The average Bonchev–Trinajstić information content (AvgIpc) is 2.01. The van der Waals surface area contributed by atoms with Crippen molar-refractivity contribution in [2.24, 2.45) is 0 Å². The van der Waals surface area contributed by atoms with Crippen molar-refractivity contribution in [1.82, 2.24) is 10.6 Å². The molecule has 0 aromatic rings. The summed E-state index contributed by atoms with van der Waals surface area (Å²) in [7, 11) is 2.89. The zero-order valence-electron chi connectivity index (χ0n) is 6.07. The van der Waals surface area contributed by atoms with Crippen molar-refractivity contribution in [2.75, 3.05) is 14.1 Å². The average molecular weight is 288 g/mol. The Labute approximate surface area is 81.4 Å². The molecule has 0 aromatic heterocycles. The lowest BCUT2D eigenvalue weighted by Gasteiger charge is -2.15. The molecule has 0 atom stereocenters. The van der Waals surface area contributed by atoms with Gasteiger partial charge in [0, 0.05) is 14.1 Å². The maximum Gasteiger partial charge on any atom is 0.257 e. The minimum atomic E-state index is -1.36. The summed E-state index contributed by atoms with van der Waals surface area (Å²) in [5.74, 6) is -0.895. The fourth-order valence-corrected chi connectivity index (χ4v) is 1.21. The Morgan fingerprint density at radius 3 is 1.55 bits per heavy atom. The van der Waals surface area contributed by atoms with Crippen LogP contribution in [0.1, 0.15) is 0 Å². The lowest BCUT2D eigenvalue weighted by atomic mass is 10.4. The van der Waals surface area contributed by atoms with Gasteiger partial charge in [0.25, 0.3) is 11.8 Å². The first-order valence-electron chi connectivity index (χ1n) is 2.79. The molecule has 0 fully saturated rings. The molecule has 11 heavy (non-hydrogen) atoms. The number of carbonyl (C=O) groups is 2. The number of hydrogen-bond acceptors (Lipinski definition) is 2. The van der Waals surface area contributed by atoms with Gasteiger partial charge in [-0.2, -0.15) is 0 Å². The summed E-state index contributed by atoms with van der Waals surface area (Å²) >= 11 is 5.85. The maximum atomic E-state index is 11.0. The van der Waals surface area contributed by atoms with Crippen molar-refractivity contribution in [3.05, 3.63) is 0 Å². The highest BCUT2D eigenvalue weighted by molar-refractivity contribution is 9.26. The molecular formula is C5H8Br2N2O2. The van der Waals surface area contributed by atoms with E-state index in [4.69, 9.17) is 0 Å². The number of hydrogen-bond donors (Lipinski definition) is 2. The predicted molar refractivity (Wildman–Crippen MR) is 48.7 cm³/mol. The smallest absolute Gasteiger partial charge is 0.257 e. The Morgan fingerprint density at radius 1 is 1.09 bits per heavy atom. The lowest BCUT2D eigenvalue weighted by Crippen LogP contribution is -2.46. The number of nitrogens with one attached hydrogen (secondary N) is 2. The van der Waals surface area contributed by atoms with Gasteiger partial charge < -0.3 is 10.6 Å². The van der Waals surface area contributed by atoms with E-state index in [9.17, 15) is 9.59 Å². The van der Waals surface area contributed by atoms with E-state index in [1.165, 1.54) is 14.1 Å². The molecule has 2 N–H and O–H groups in total. The van der Waals surface area contributed by atoms with E-state index >= 15 is 0 Å². The summed E-state index contributed by atoms with van der Waals surface area (Å²) in [5, 5.41) is 4.65. The molecule has 64 valence electrons. The minimum Gasteiger partial charge on any atom is -0.357 e. The monoisotopic (exact) mass is 286 g/mol. The third-order valence-corrected chi connectivity index (χ3v) is 2.46. The van der Waals surface area contributed by atoms with Gasteiger partial charge in [-0.15, -0.1) is 0 Å². The molecule has 0 aliphatic rings. The van der Waals surface area contributed by atoms with Crippen LogP contribution in [0.4, 0.5) is 0 Å². The summed E-state index contributed by atoms with van der Waals surface area (Å²) in [6, 6.07) is 0. The number of amides is 2. The van der Waals surface area contributed by atoms with Crippen LogP contribution < -0.4 is 10.6 Å². The van der Waals surface area contributed by atoms with E-state index in [2.05, 4.69) is 42.5 Å². The number of alkyl halides is 2. The lowest BCUT2D eigenvalue weighted by molar-refractivity contribution is -0.128. The highest BCUT2D eigenvalue weighted by Crippen LogP contribution is 2.26. The van der Waals surface area contributed by atoms with E-state index in [0.717, 1.165) is 0 Å². The van der Waals surface area contributed by atoms with Crippen LogP contribution >= 0.6 is 31.9 Å². The summed E-state index contributed by atoms with van der Waals surface area (Å²) in [4.78, 5) is 21.9. The second-order valence-corrected chi connectivity index (χ2v) is 5.18. The van der Waals surface area contributed by atoms with Crippen molar-refractivity contribution in [1.29, 1.82) is 0 Å². The van der Waals surface area contributed by atoms with Crippen molar-refractivity contribution < 1.29 is 9.59 Å². The molecule has 0 saturated carbocycles. The molecule has 0 aliphatic heterocycles. The fourth-order valence-electron chi connectivity index (χ4n) is 0.417. The largest absolute Gasteiger partial charge is 0.357 e. The molecule has 4 nitrogen and oxygen atoms in total.